The van der Waals surface area contributed by atoms with Crippen LogP contribution in [0.1, 0.15) is 19.8 Å². The molecule has 9 unspecified atom stereocenters. The van der Waals surface area contributed by atoms with E-state index in [0.717, 1.165) is 37.1 Å². The molecule has 3 rings (SSSR count). The van der Waals surface area contributed by atoms with Crippen molar-refractivity contribution in [3.63, 3.8) is 0 Å². The Bertz CT molecular complexity index is 1350. The van der Waals surface area contributed by atoms with Gasteiger partial charge in [0.15, 0.2) is 0 Å². The predicted molar refractivity (Wildman–Crippen MR) is 178 cm³/mol. The molecule has 0 aromatic heterocycles. The zero-order valence-electron chi connectivity index (χ0n) is 27.9. The van der Waals surface area contributed by atoms with Crippen molar-refractivity contribution in [1.82, 2.24) is 25.8 Å². The number of piperidine rings is 1. The molecule has 0 aliphatic carbocycles. The Kier molecular flexibility index (Phi) is 15.1. The van der Waals surface area contributed by atoms with Crippen molar-refractivity contribution < 1.29 is 38.1 Å². The number of esters is 4. The third kappa shape index (κ3) is 10.6. The summed E-state index contributed by atoms with van der Waals surface area (Å²) in [7, 11) is 3.76. The first-order chi connectivity index (χ1) is 23.0. The molecule has 0 radical (unpaired) electrons. The highest BCUT2D eigenvalue weighted by Gasteiger charge is 2.40. The van der Waals surface area contributed by atoms with Gasteiger partial charge in [-0.2, -0.15) is 0 Å². The zero-order chi connectivity index (χ0) is 35.2. The summed E-state index contributed by atoms with van der Waals surface area (Å²) < 4.78 is 21.1. The van der Waals surface area contributed by atoms with E-state index < -0.39 is 23.9 Å². The molecule has 3 fully saturated rings. The summed E-state index contributed by atoms with van der Waals surface area (Å²) in [5.41, 5.74) is 0. The molecule has 0 aromatic rings. The van der Waals surface area contributed by atoms with Crippen LogP contribution in [0, 0.1) is 35.5 Å². The van der Waals surface area contributed by atoms with Crippen LogP contribution in [0.15, 0.2) is 50.6 Å². The second-order valence-corrected chi connectivity index (χ2v) is 11.7. The first-order valence-corrected chi connectivity index (χ1v) is 15.9. The topological polar surface area (TPSA) is 148 Å². The molecule has 3 N–H and O–H groups in total. The van der Waals surface area contributed by atoms with Crippen molar-refractivity contribution in [2.75, 3.05) is 47.1 Å². The predicted octanol–water partition coefficient (Wildman–Crippen LogP) is 0.111. The van der Waals surface area contributed by atoms with E-state index in [1.165, 1.54) is 0 Å². The van der Waals surface area contributed by atoms with E-state index in [1.54, 1.807) is 0 Å². The van der Waals surface area contributed by atoms with Crippen LogP contribution in [0.3, 0.4) is 0 Å². The lowest BCUT2D eigenvalue weighted by molar-refractivity contribution is -0.141. The van der Waals surface area contributed by atoms with Crippen molar-refractivity contribution in [2.24, 2.45) is 11.8 Å². The van der Waals surface area contributed by atoms with Gasteiger partial charge in [0.25, 0.3) is 0 Å². The Balaban J connectivity index is 1.65. The summed E-state index contributed by atoms with van der Waals surface area (Å²) in [6.07, 6.45) is 5.43. The smallest absolute Gasteiger partial charge is 0.330 e. The monoisotopic (exact) mass is 665 g/mol. The van der Waals surface area contributed by atoms with Gasteiger partial charge >= 0.3 is 23.9 Å². The quantitative estimate of drug-likeness (QED) is 0.106. The van der Waals surface area contributed by atoms with E-state index in [9.17, 15) is 19.2 Å². The lowest BCUT2D eigenvalue weighted by Crippen LogP contribution is -2.43. The molecule has 0 amide bonds. The molecule has 0 spiro atoms. The minimum absolute atomic E-state index is 0.0574. The average Bonchev–Trinajstić information content (AvgIpc) is 3.58. The summed E-state index contributed by atoms with van der Waals surface area (Å²) in [5.74, 6) is 11.7. The average molecular weight is 666 g/mol. The maximum absolute atomic E-state index is 11.7. The molecular formula is C35H47N5O8. The summed E-state index contributed by atoms with van der Waals surface area (Å²) in [4.78, 5) is 50.7. The van der Waals surface area contributed by atoms with Crippen molar-refractivity contribution in [3.05, 3.63) is 50.6 Å². The Labute approximate surface area is 283 Å². The van der Waals surface area contributed by atoms with Gasteiger partial charge in [0.05, 0.1) is 30.2 Å². The highest BCUT2D eigenvalue weighted by molar-refractivity contribution is 5.82. The molecule has 48 heavy (non-hydrogen) atoms. The van der Waals surface area contributed by atoms with Gasteiger partial charge in [0.2, 0.25) is 0 Å². The summed E-state index contributed by atoms with van der Waals surface area (Å²) in [5, 5.41) is 10.3. The van der Waals surface area contributed by atoms with Crippen LogP contribution in [-0.4, -0.2) is 123 Å². The first-order valence-electron chi connectivity index (χ1n) is 15.9. The van der Waals surface area contributed by atoms with Crippen molar-refractivity contribution in [1.29, 1.82) is 0 Å². The van der Waals surface area contributed by atoms with Crippen molar-refractivity contribution >= 4 is 23.9 Å². The third-order valence-corrected chi connectivity index (χ3v) is 8.82. The molecule has 0 saturated carbocycles. The highest BCUT2D eigenvalue weighted by Crippen LogP contribution is 2.26. The largest absolute Gasteiger partial charge is 0.461 e. The maximum Gasteiger partial charge on any atom is 0.330 e. The van der Waals surface area contributed by atoms with Crippen LogP contribution in [0.4, 0.5) is 0 Å². The van der Waals surface area contributed by atoms with E-state index in [0.29, 0.717) is 12.5 Å². The fourth-order valence-corrected chi connectivity index (χ4v) is 5.88. The minimum atomic E-state index is -0.538. The summed E-state index contributed by atoms with van der Waals surface area (Å²) in [6.45, 7) is 16.8. The Morgan fingerprint density at radius 2 is 1.10 bits per heavy atom. The van der Waals surface area contributed by atoms with Crippen LogP contribution in [0.2, 0.25) is 0 Å². The molecule has 3 aliphatic rings. The zero-order valence-corrected chi connectivity index (χ0v) is 27.9. The number of rotatable bonds is 13. The summed E-state index contributed by atoms with van der Waals surface area (Å²) in [6, 6.07) is -1.24. The van der Waals surface area contributed by atoms with Crippen LogP contribution in [-0.2, 0) is 38.1 Å². The lowest BCUT2D eigenvalue weighted by atomic mass is 9.81. The van der Waals surface area contributed by atoms with Gasteiger partial charge in [-0.1, -0.05) is 63.3 Å². The van der Waals surface area contributed by atoms with Gasteiger partial charge in [0.1, 0.15) is 38.8 Å². The standard InChI is InChI=1S/C35H47N5O8/c1-8-23-17-25(14-16-31-38-27(20-46-33(42)10-3)29(40(31)7)22-48-35(44)12-5)36-18-24(23)13-15-30-37-26(19-45-32(41)9-2)28(39(30)6)21-47-34(43)11-4/h9-12,23-31,36-38H,2-5,8,17-22H2,1,6-7H3. The van der Waals surface area contributed by atoms with Gasteiger partial charge in [0, 0.05) is 36.8 Å². The molecule has 9 atom stereocenters. The minimum Gasteiger partial charge on any atom is -0.461 e. The number of nitrogens with one attached hydrogen (secondary N) is 3. The third-order valence-electron chi connectivity index (χ3n) is 8.82. The van der Waals surface area contributed by atoms with Crippen molar-refractivity contribution in [3.8, 4) is 23.7 Å². The van der Waals surface area contributed by atoms with E-state index in [2.05, 4.69) is 72.9 Å². The molecule has 13 nitrogen and oxygen atoms in total. The van der Waals surface area contributed by atoms with E-state index in [4.69, 9.17) is 18.9 Å². The number of carbonyl (C=O) groups is 4. The number of hydrogen-bond donors (Lipinski definition) is 3. The number of nitrogens with zero attached hydrogens (tertiary/aromatic N) is 2. The number of carbonyl (C=O) groups excluding carboxylic acids is 4. The van der Waals surface area contributed by atoms with Crippen molar-refractivity contribution in [2.45, 2.75) is 62.3 Å². The first kappa shape index (κ1) is 38.2. The lowest BCUT2D eigenvalue weighted by Gasteiger charge is -2.32. The second-order valence-electron chi connectivity index (χ2n) is 11.7. The van der Waals surface area contributed by atoms with Gasteiger partial charge in [-0.3, -0.25) is 20.4 Å². The van der Waals surface area contributed by atoms with Crippen LogP contribution >= 0.6 is 0 Å². The normalized spacial score (nSPS) is 29.9. The Morgan fingerprint density at radius 1 is 0.688 bits per heavy atom. The maximum atomic E-state index is 11.7. The number of hydrogen-bond acceptors (Lipinski definition) is 13. The van der Waals surface area contributed by atoms with E-state index in [-0.39, 0.29) is 74.9 Å². The highest BCUT2D eigenvalue weighted by atomic mass is 16.5. The van der Waals surface area contributed by atoms with Gasteiger partial charge in [-0.15, -0.1) is 0 Å². The van der Waals surface area contributed by atoms with Crippen LogP contribution in [0.25, 0.3) is 0 Å². The molecule has 0 bridgehead atoms. The van der Waals surface area contributed by atoms with E-state index in [1.807, 2.05) is 23.9 Å². The molecule has 13 heteroatoms. The fraction of sp³-hybridized carbons (Fsp3) is 0.543. The molecule has 3 heterocycles. The van der Waals surface area contributed by atoms with Gasteiger partial charge in [-0.05, 0) is 26.4 Å². The van der Waals surface area contributed by atoms with Gasteiger partial charge < -0.3 is 24.3 Å². The SMILES string of the molecule is C=CC(=O)OCC1NC(C#CC2CC(CC)C(C#CC3NC(COC(=O)C=C)C(COC(=O)C=C)N3C)CN2)N(C)C1COC(=O)C=C. The molecular weight excluding hydrogens is 618 g/mol. The van der Waals surface area contributed by atoms with Crippen LogP contribution < -0.4 is 16.0 Å². The Morgan fingerprint density at radius 3 is 1.52 bits per heavy atom. The molecule has 260 valence electrons. The summed E-state index contributed by atoms with van der Waals surface area (Å²) >= 11 is 0. The second kappa shape index (κ2) is 18.9. The molecule has 3 saturated heterocycles. The number of ether oxygens (including phenoxy) is 4. The molecule has 0 aromatic carbocycles. The molecule has 3 aliphatic heterocycles. The Hall–Kier alpha value is -4.24. The number of likely N-dealkylation sites (N-methyl/N-ethyl adjacent to an activating group) is 2. The fourth-order valence-electron chi connectivity index (χ4n) is 5.88. The van der Waals surface area contributed by atoms with E-state index >= 15 is 0 Å². The van der Waals surface area contributed by atoms with Gasteiger partial charge in [-0.25, -0.2) is 19.2 Å². The van der Waals surface area contributed by atoms with Crippen LogP contribution in [0.5, 0.6) is 0 Å².